The lowest BCUT2D eigenvalue weighted by molar-refractivity contribution is 0.355. The Hall–Kier alpha value is -2.69. The third-order valence-corrected chi connectivity index (χ3v) is 3.17. The van der Waals surface area contributed by atoms with E-state index < -0.39 is 0 Å². The van der Waals surface area contributed by atoms with Crippen molar-refractivity contribution < 1.29 is 14.2 Å². The van der Waals surface area contributed by atoms with E-state index in [4.69, 9.17) is 14.2 Å². The minimum Gasteiger partial charge on any atom is -0.496 e. The highest BCUT2D eigenvalue weighted by atomic mass is 16.5. The minimum atomic E-state index is 0.591. The normalized spacial score (nSPS) is 10.5. The van der Waals surface area contributed by atoms with Crippen LogP contribution in [0.1, 0.15) is 11.1 Å². The Kier molecular flexibility index (Phi) is 5.65. The monoisotopic (exact) mass is 300 g/mol. The van der Waals surface area contributed by atoms with Gasteiger partial charge in [0, 0.05) is 5.56 Å². The van der Waals surface area contributed by atoms with Crippen LogP contribution in [0.25, 0.3) is 0 Å². The quantitative estimate of drug-likeness (QED) is 0.631. The second-order valence-electron chi connectivity index (χ2n) is 4.52. The molecular weight excluding hydrogens is 280 g/mol. The Morgan fingerprint density at radius 2 is 1.64 bits per heavy atom. The number of hydrazone groups is 1. The van der Waals surface area contributed by atoms with Gasteiger partial charge in [0.05, 0.1) is 34.1 Å². The summed E-state index contributed by atoms with van der Waals surface area (Å²) in [6.07, 6.45) is 1.73. The first-order chi connectivity index (χ1) is 10.8. The van der Waals surface area contributed by atoms with Gasteiger partial charge in [0.1, 0.15) is 5.75 Å². The van der Waals surface area contributed by atoms with Crippen molar-refractivity contribution >= 4 is 6.21 Å². The molecule has 1 N–H and O–H groups in total. The molecule has 0 atom stereocenters. The Morgan fingerprint density at radius 1 is 0.909 bits per heavy atom. The molecule has 22 heavy (non-hydrogen) atoms. The van der Waals surface area contributed by atoms with E-state index in [9.17, 15) is 0 Å². The molecule has 2 aromatic rings. The van der Waals surface area contributed by atoms with Crippen molar-refractivity contribution in [3.63, 3.8) is 0 Å². The number of rotatable bonds is 7. The molecule has 0 radical (unpaired) electrons. The summed E-state index contributed by atoms with van der Waals surface area (Å²) in [6, 6.07) is 13.5. The first-order valence-electron chi connectivity index (χ1n) is 6.88. The Balaban J connectivity index is 1.98. The maximum Gasteiger partial charge on any atom is 0.161 e. The van der Waals surface area contributed by atoms with Gasteiger partial charge in [0.25, 0.3) is 0 Å². The maximum absolute atomic E-state index is 5.29. The summed E-state index contributed by atoms with van der Waals surface area (Å²) < 4.78 is 15.8. The zero-order valence-corrected chi connectivity index (χ0v) is 13.0. The largest absolute Gasteiger partial charge is 0.496 e. The van der Waals surface area contributed by atoms with E-state index in [2.05, 4.69) is 10.5 Å². The lowest BCUT2D eigenvalue weighted by atomic mass is 10.2. The lowest BCUT2D eigenvalue weighted by Crippen LogP contribution is -2.06. The number of methoxy groups -OCH3 is 3. The average molecular weight is 300 g/mol. The van der Waals surface area contributed by atoms with E-state index in [0.717, 1.165) is 16.9 Å². The van der Waals surface area contributed by atoms with Crippen molar-refractivity contribution in [3.8, 4) is 17.2 Å². The molecule has 5 heteroatoms. The highest BCUT2D eigenvalue weighted by Crippen LogP contribution is 2.26. The lowest BCUT2D eigenvalue weighted by Gasteiger charge is -2.08. The molecule has 0 aliphatic rings. The van der Waals surface area contributed by atoms with Gasteiger partial charge in [-0.2, -0.15) is 5.10 Å². The number of hydrogen-bond donors (Lipinski definition) is 1. The first-order valence-corrected chi connectivity index (χ1v) is 6.88. The highest BCUT2D eigenvalue weighted by molar-refractivity contribution is 5.80. The molecule has 0 spiro atoms. The van der Waals surface area contributed by atoms with Crippen LogP contribution in [0.4, 0.5) is 0 Å². The van der Waals surface area contributed by atoms with Crippen LogP contribution in [0.15, 0.2) is 47.6 Å². The summed E-state index contributed by atoms with van der Waals surface area (Å²) in [5.74, 6) is 2.22. The fourth-order valence-electron chi connectivity index (χ4n) is 2.03. The standard InChI is InChI=1S/C17H20N2O3/c1-20-15-7-5-4-6-14(15)12-19-18-11-13-8-9-16(21-2)17(10-13)22-3/h4-11,19H,12H2,1-3H3/b18-11-. The molecule has 0 fully saturated rings. The van der Waals surface area contributed by atoms with E-state index in [0.29, 0.717) is 18.0 Å². The van der Waals surface area contributed by atoms with Gasteiger partial charge < -0.3 is 19.6 Å². The van der Waals surface area contributed by atoms with Crippen molar-refractivity contribution in [2.75, 3.05) is 21.3 Å². The molecule has 0 heterocycles. The number of nitrogens with zero attached hydrogens (tertiary/aromatic N) is 1. The number of ether oxygens (including phenoxy) is 3. The van der Waals surface area contributed by atoms with Crippen LogP contribution in [-0.4, -0.2) is 27.5 Å². The zero-order valence-electron chi connectivity index (χ0n) is 13.0. The van der Waals surface area contributed by atoms with E-state index in [-0.39, 0.29) is 0 Å². The van der Waals surface area contributed by atoms with Crippen molar-refractivity contribution in [1.82, 2.24) is 5.43 Å². The molecule has 0 bridgehead atoms. The average Bonchev–Trinajstić information content (AvgIpc) is 2.58. The van der Waals surface area contributed by atoms with E-state index in [1.165, 1.54) is 0 Å². The highest BCUT2D eigenvalue weighted by Gasteiger charge is 2.03. The number of nitrogens with one attached hydrogen (secondary N) is 1. The summed E-state index contributed by atoms with van der Waals surface area (Å²) in [5, 5.41) is 4.22. The van der Waals surface area contributed by atoms with E-state index >= 15 is 0 Å². The summed E-state index contributed by atoms with van der Waals surface area (Å²) >= 11 is 0. The molecule has 2 aromatic carbocycles. The minimum absolute atomic E-state index is 0.591. The molecule has 0 unspecified atom stereocenters. The maximum atomic E-state index is 5.29. The van der Waals surface area contributed by atoms with Crippen LogP contribution in [0, 0.1) is 0 Å². The zero-order chi connectivity index (χ0) is 15.8. The predicted molar refractivity (Wildman–Crippen MR) is 87.0 cm³/mol. The van der Waals surface area contributed by atoms with Gasteiger partial charge in [-0.15, -0.1) is 0 Å². The smallest absolute Gasteiger partial charge is 0.161 e. The van der Waals surface area contributed by atoms with E-state index in [1.807, 2.05) is 42.5 Å². The van der Waals surface area contributed by atoms with Crippen LogP contribution in [-0.2, 0) is 6.54 Å². The van der Waals surface area contributed by atoms with Gasteiger partial charge in [-0.05, 0) is 29.8 Å². The number of benzene rings is 2. The van der Waals surface area contributed by atoms with Crippen LogP contribution < -0.4 is 19.6 Å². The topological polar surface area (TPSA) is 52.1 Å². The molecule has 0 aliphatic carbocycles. The third kappa shape index (κ3) is 3.91. The predicted octanol–water partition coefficient (Wildman–Crippen LogP) is 2.84. The SMILES string of the molecule is COc1ccccc1CN/N=C\c1ccc(OC)c(OC)c1. The van der Waals surface area contributed by atoms with E-state index in [1.54, 1.807) is 27.5 Å². The van der Waals surface area contributed by atoms with Crippen LogP contribution >= 0.6 is 0 Å². The van der Waals surface area contributed by atoms with Gasteiger partial charge in [-0.3, -0.25) is 0 Å². The molecule has 2 rings (SSSR count). The van der Waals surface area contributed by atoms with Crippen LogP contribution in [0.3, 0.4) is 0 Å². The van der Waals surface area contributed by atoms with Crippen LogP contribution in [0.5, 0.6) is 17.2 Å². The van der Waals surface area contributed by atoms with Gasteiger partial charge in [0.15, 0.2) is 11.5 Å². The Morgan fingerprint density at radius 3 is 2.36 bits per heavy atom. The molecule has 0 saturated heterocycles. The third-order valence-electron chi connectivity index (χ3n) is 3.17. The number of hydrogen-bond acceptors (Lipinski definition) is 5. The Labute approximate surface area is 130 Å². The van der Waals surface area contributed by atoms with Gasteiger partial charge in [-0.25, -0.2) is 0 Å². The molecule has 0 amide bonds. The summed E-state index contributed by atoms with van der Waals surface area (Å²) in [7, 11) is 4.88. The number of para-hydroxylation sites is 1. The van der Waals surface area contributed by atoms with Crippen molar-refractivity contribution in [2.24, 2.45) is 5.10 Å². The molecular formula is C17H20N2O3. The summed E-state index contributed by atoms with van der Waals surface area (Å²) in [4.78, 5) is 0. The second kappa shape index (κ2) is 7.93. The van der Waals surface area contributed by atoms with Crippen LogP contribution in [0.2, 0.25) is 0 Å². The summed E-state index contributed by atoms with van der Waals surface area (Å²) in [6.45, 7) is 0.591. The summed E-state index contributed by atoms with van der Waals surface area (Å²) in [5.41, 5.74) is 4.98. The Bertz CT molecular complexity index is 642. The van der Waals surface area contributed by atoms with Gasteiger partial charge in [0.2, 0.25) is 0 Å². The second-order valence-corrected chi connectivity index (χ2v) is 4.52. The first kappa shape index (κ1) is 15.7. The fraction of sp³-hybridized carbons (Fsp3) is 0.235. The fourth-order valence-corrected chi connectivity index (χ4v) is 2.03. The van der Waals surface area contributed by atoms with Crippen molar-refractivity contribution in [1.29, 1.82) is 0 Å². The molecule has 0 saturated carbocycles. The molecule has 5 nitrogen and oxygen atoms in total. The van der Waals surface area contributed by atoms with Crippen molar-refractivity contribution in [2.45, 2.75) is 6.54 Å². The van der Waals surface area contributed by atoms with Gasteiger partial charge in [-0.1, -0.05) is 18.2 Å². The molecule has 0 aliphatic heterocycles. The molecule has 0 aromatic heterocycles. The van der Waals surface area contributed by atoms with Gasteiger partial charge >= 0.3 is 0 Å². The van der Waals surface area contributed by atoms with Crippen molar-refractivity contribution in [3.05, 3.63) is 53.6 Å². The molecule has 116 valence electrons.